The summed E-state index contributed by atoms with van der Waals surface area (Å²) >= 11 is 0. The van der Waals surface area contributed by atoms with Gasteiger partial charge in [0.05, 0.1) is 5.69 Å². The number of benzene rings is 2. The van der Waals surface area contributed by atoms with Gasteiger partial charge < -0.3 is 5.32 Å². The Bertz CT molecular complexity index is 597. The van der Waals surface area contributed by atoms with Crippen LogP contribution in [0.3, 0.4) is 0 Å². The first-order valence-electron chi connectivity index (χ1n) is 7.50. The first kappa shape index (κ1) is 14.1. The summed E-state index contributed by atoms with van der Waals surface area (Å²) in [6.07, 6.45) is 4.37. The molecule has 0 saturated heterocycles. The van der Waals surface area contributed by atoms with E-state index in [0.29, 0.717) is 5.92 Å². The van der Waals surface area contributed by atoms with Gasteiger partial charge in [-0.05, 0) is 36.6 Å². The molecule has 2 atom stereocenters. The lowest BCUT2D eigenvalue weighted by molar-refractivity contribution is 0.403. The Morgan fingerprint density at radius 1 is 0.905 bits per heavy atom. The van der Waals surface area contributed by atoms with Crippen LogP contribution in [0, 0.1) is 11.6 Å². The van der Waals surface area contributed by atoms with Crippen LogP contribution in [0.25, 0.3) is 0 Å². The lowest BCUT2D eigenvalue weighted by Crippen LogP contribution is -2.31. The molecule has 1 nitrogen and oxygen atoms in total. The molecule has 2 unspecified atom stereocenters. The second kappa shape index (κ2) is 6.25. The monoisotopic (exact) mass is 287 g/mol. The van der Waals surface area contributed by atoms with E-state index >= 15 is 0 Å². The number of rotatable bonds is 3. The van der Waals surface area contributed by atoms with Crippen molar-refractivity contribution in [2.45, 2.75) is 37.6 Å². The van der Waals surface area contributed by atoms with E-state index in [1.807, 2.05) is 18.2 Å². The van der Waals surface area contributed by atoms with Crippen molar-refractivity contribution in [2.24, 2.45) is 0 Å². The van der Waals surface area contributed by atoms with Gasteiger partial charge in [-0.25, -0.2) is 8.78 Å². The molecule has 1 aliphatic carbocycles. The van der Waals surface area contributed by atoms with Crippen molar-refractivity contribution in [1.82, 2.24) is 0 Å². The van der Waals surface area contributed by atoms with Gasteiger partial charge in [0.2, 0.25) is 0 Å². The topological polar surface area (TPSA) is 12.0 Å². The highest BCUT2D eigenvalue weighted by Crippen LogP contribution is 2.35. The third kappa shape index (κ3) is 3.23. The number of halogens is 2. The summed E-state index contributed by atoms with van der Waals surface area (Å²) in [4.78, 5) is 0. The number of nitrogens with one attached hydrogen (secondary N) is 1. The van der Waals surface area contributed by atoms with Crippen LogP contribution in [0.15, 0.2) is 48.5 Å². The SMILES string of the molecule is Fc1ccc(F)c(NC2CCCCC2c2ccccc2)c1. The summed E-state index contributed by atoms with van der Waals surface area (Å²) < 4.78 is 27.1. The molecule has 1 N–H and O–H groups in total. The molecule has 0 heterocycles. The van der Waals surface area contributed by atoms with Crippen LogP contribution in [-0.4, -0.2) is 6.04 Å². The smallest absolute Gasteiger partial charge is 0.146 e. The zero-order valence-electron chi connectivity index (χ0n) is 11.9. The quantitative estimate of drug-likeness (QED) is 0.827. The highest BCUT2D eigenvalue weighted by Gasteiger charge is 2.26. The number of hydrogen-bond acceptors (Lipinski definition) is 1. The van der Waals surface area contributed by atoms with Crippen LogP contribution >= 0.6 is 0 Å². The Labute approximate surface area is 124 Å². The molecule has 2 aromatic carbocycles. The molecule has 0 radical (unpaired) electrons. The van der Waals surface area contributed by atoms with E-state index < -0.39 is 11.6 Å². The van der Waals surface area contributed by atoms with Crippen molar-refractivity contribution in [2.75, 3.05) is 5.32 Å². The molecule has 3 heteroatoms. The Morgan fingerprint density at radius 2 is 1.67 bits per heavy atom. The first-order chi connectivity index (χ1) is 10.2. The molecule has 1 fully saturated rings. The molecular weight excluding hydrogens is 268 g/mol. The van der Waals surface area contributed by atoms with E-state index in [2.05, 4.69) is 17.4 Å². The lowest BCUT2D eigenvalue weighted by Gasteiger charge is -2.33. The van der Waals surface area contributed by atoms with Gasteiger partial charge >= 0.3 is 0 Å². The summed E-state index contributed by atoms with van der Waals surface area (Å²) in [6.45, 7) is 0. The molecule has 0 spiro atoms. The fourth-order valence-electron chi connectivity index (χ4n) is 3.21. The third-order valence-electron chi connectivity index (χ3n) is 4.26. The van der Waals surface area contributed by atoms with Crippen LogP contribution in [0.5, 0.6) is 0 Å². The van der Waals surface area contributed by atoms with Gasteiger partial charge in [0.15, 0.2) is 0 Å². The summed E-state index contributed by atoms with van der Waals surface area (Å²) in [5, 5.41) is 3.22. The van der Waals surface area contributed by atoms with Gasteiger partial charge in [0.25, 0.3) is 0 Å². The van der Waals surface area contributed by atoms with E-state index in [4.69, 9.17) is 0 Å². The summed E-state index contributed by atoms with van der Waals surface area (Å²) in [7, 11) is 0. The van der Waals surface area contributed by atoms with Crippen LogP contribution in [0.4, 0.5) is 14.5 Å². The zero-order chi connectivity index (χ0) is 14.7. The normalized spacial score (nSPS) is 22.0. The number of anilines is 1. The van der Waals surface area contributed by atoms with Crippen molar-refractivity contribution in [3.8, 4) is 0 Å². The second-order valence-corrected chi connectivity index (χ2v) is 5.68. The van der Waals surface area contributed by atoms with E-state index in [0.717, 1.165) is 25.3 Å². The Kier molecular flexibility index (Phi) is 4.18. The molecule has 0 aliphatic heterocycles. The molecule has 0 amide bonds. The molecule has 3 rings (SSSR count). The summed E-state index contributed by atoms with van der Waals surface area (Å²) in [5.74, 6) is -0.456. The highest BCUT2D eigenvalue weighted by atomic mass is 19.1. The Balaban J connectivity index is 1.83. The van der Waals surface area contributed by atoms with Crippen LogP contribution in [0.2, 0.25) is 0 Å². The average Bonchev–Trinajstić information content (AvgIpc) is 2.52. The molecular formula is C18H19F2N. The maximum Gasteiger partial charge on any atom is 0.146 e. The summed E-state index contributed by atoms with van der Waals surface area (Å²) in [5.41, 5.74) is 1.54. The molecule has 21 heavy (non-hydrogen) atoms. The maximum atomic E-state index is 13.8. The fraction of sp³-hybridized carbons (Fsp3) is 0.333. The molecule has 1 saturated carbocycles. The van der Waals surface area contributed by atoms with Crippen molar-refractivity contribution in [3.63, 3.8) is 0 Å². The molecule has 2 aromatic rings. The van der Waals surface area contributed by atoms with Gasteiger partial charge in [-0.3, -0.25) is 0 Å². The van der Waals surface area contributed by atoms with E-state index in [9.17, 15) is 8.78 Å². The first-order valence-corrected chi connectivity index (χ1v) is 7.50. The van der Waals surface area contributed by atoms with E-state index in [-0.39, 0.29) is 11.7 Å². The highest BCUT2D eigenvalue weighted by molar-refractivity contribution is 5.46. The molecule has 110 valence electrons. The fourth-order valence-corrected chi connectivity index (χ4v) is 3.21. The van der Waals surface area contributed by atoms with Crippen molar-refractivity contribution < 1.29 is 8.78 Å². The molecule has 1 aliphatic rings. The van der Waals surface area contributed by atoms with Crippen molar-refractivity contribution in [1.29, 1.82) is 0 Å². The second-order valence-electron chi connectivity index (χ2n) is 5.68. The van der Waals surface area contributed by atoms with Crippen LogP contribution < -0.4 is 5.32 Å². The van der Waals surface area contributed by atoms with E-state index in [1.165, 1.54) is 24.1 Å². The Hall–Kier alpha value is -1.90. The van der Waals surface area contributed by atoms with Crippen LogP contribution in [-0.2, 0) is 0 Å². The standard InChI is InChI=1S/C18H19F2N/c19-14-10-11-16(20)18(12-14)21-17-9-5-4-8-15(17)13-6-2-1-3-7-13/h1-3,6-7,10-12,15,17,21H,4-5,8-9H2. The molecule has 0 bridgehead atoms. The maximum absolute atomic E-state index is 13.8. The Morgan fingerprint density at radius 3 is 2.48 bits per heavy atom. The zero-order valence-corrected chi connectivity index (χ0v) is 11.9. The van der Waals surface area contributed by atoms with Gasteiger partial charge in [-0.2, -0.15) is 0 Å². The minimum absolute atomic E-state index is 0.150. The largest absolute Gasteiger partial charge is 0.379 e. The van der Waals surface area contributed by atoms with Gasteiger partial charge in [-0.1, -0.05) is 43.2 Å². The minimum atomic E-state index is -0.411. The average molecular weight is 287 g/mol. The predicted molar refractivity (Wildman–Crippen MR) is 81.4 cm³/mol. The minimum Gasteiger partial charge on any atom is -0.379 e. The van der Waals surface area contributed by atoms with Gasteiger partial charge in [0, 0.05) is 12.0 Å². The van der Waals surface area contributed by atoms with Crippen molar-refractivity contribution in [3.05, 3.63) is 65.7 Å². The van der Waals surface area contributed by atoms with Gasteiger partial charge in [0.1, 0.15) is 11.6 Å². The molecule has 0 aromatic heterocycles. The lowest BCUT2D eigenvalue weighted by atomic mass is 9.80. The summed E-state index contributed by atoms with van der Waals surface area (Å²) in [6, 6.07) is 14.0. The predicted octanol–water partition coefficient (Wildman–Crippen LogP) is 5.10. The van der Waals surface area contributed by atoms with E-state index in [1.54, 1.807) is 0 Å². The number of hydrogen-bond donors (Lipinski definition) is 1. The third-order valence-corrected chi connectivity index (χ3v) is 4.26. The van der Waals surface area contributed by atoms with Crippen LogP contribution in [0.1, 0.15) is 37.2 Å². The van der Waals surface area contributed by atoms with Crippen molar-refractivity contribution >= 4 is 5.69 Å². The van der Waals surface area contributed by atoms with Gasteiger partial charge in [-0.15, -0.1) is 0 Å².